The van der Waals surface area contributed by atoms with Crippen molar-refractivity contribution in [3.8, 4) is 0 Å². The standard InChI is InChI=1S/C11H12O2.Fe/c1-9(12)7-11(13)8-10-5-3-2-4-6-10;/h2-6H,7-8H2,1H3;. The molecule has 0 saturated carbocycles. The predicted octanol–water partition coefficient (Wildman–Crippen LogP) is 1.77. The fraction of sp³-hybridized carbons (Fsp3) is 0.273. The molecule has 0 radical (unpaired) electrons. The summed E-state index contributed by atoms with van der Waals surface area (Å²) in [6.45, 7) is 1.43. The number of benzene rings is 1. The van der Waals surface area contributed by atoms with Crippen molar-refractivity contribution in [2.24, 2.45) is 0 Å². The average molecular weight is 232 g/mol. The van der Waals surface area contributed by atoms with Crippen LogP contribution in [0.15, 0.2) is 30.3 Å². The van der Waals surface area contributed by atoms with Crippen LogP contribution in [-0.2, 0) is 33.1 Å². The van der Waals surface area contributed by atoms with E-state index < -0.39 is 0 Å². The molecule has 0 amide bonds. The molecule has 1 aromatic rings. The molecule has 0 aromatic heterocycles. The minimum Gasteiger partial charge on any atom is -0.300 e. The van der Waals surface area contributed by atoms with E-state index >= 15 is 0 Å². The number of carbonyl (C=O) groups excluding carboxylic acids is 2. The van der Waals surface area contributed by atoms with E-state index in [1.807, 2.05) is 30.3 Å². The minimum atomic E-state index is -0.0686. The monoisotopic (exact) mass is 232 g/mol. The average Bonchev–Trinajstić information content (AvgIpc) is 2.04. The molecule has 14 heavy (non-hydrogen) atoms. The summed E-state index contributed by atoms with van der Waals surface area (Å²) in [5.74, 6) is -0.0837. The van der Waals surface area contributed by atoms with Gasteiger partial charge >= 0.3 is 0 Å². The third-order valence-electron chi connectivity index (χ3n) is 1.69. The molecule has 0 fully saturated rings. The number of hydrogen-bond acceptors (Lipinski definition) is 2. The molecule has 0 aliphatic carbocycles. The maximum Gasteiger partial charge on any atom is 0.144 e. The molecular weight excluding hydrogens is 220 g/mol. The van der Waals surface area contributed by atoms with Crippen LogP contribution < -0.4 is 0 Å². The summed E-state index contributed by atoms with van der Waals surface area (Å²) in [5.41, 5.74) is 0.966. The van der Waals surface area contributed by atoms with Crippen LogP contribution in [0, 0.1) is 0 Å². The Morgan fingerprint density at radius 3 is 2.21 bits per heavy atom. The van der Waals surface area contributed by atoms with E-state index in [9.17, 15) is 9.59 Å². The van der Waals surface area contributed by atoms with E-state index in [0.717, 1.165) is 5.56 Å². The molecule has 0 atom stereocenters. The van der Waals surface area contributed by atoms with Crippen molar-refractivity contribution in [3.05, 3.63) is 35.9 Å². The van der Waals surface area contributed by atoms with Crippen LogP contribution in [0.1, 0.15) is 18.9 Å². The Labute approximate surface area is 94.2 Å². The Balaban J connectivity index is 0.00000169. The maximum atomic E-state index is 11.2. The largest absolute Gasteiger partial charge is 0.300 e. The van der Waals surface area contributed by atoms with Gasteiger partial charge in [0.25, 0.3) is 0 Å². The van der Waals surface area contributed by atoms with Gasteiger partial charge in [0.2, 0.25) is 0 Å². The molecule has 76 valence electrons. The number of hydrogen-bond donors (Lipinski definition) is 0. The van der Waals surface area contributed by atoms with Crippen LogP contribution >= 0.6 is 0 Å². The predicted molar refractivity (Wildman–Crippen MR) is 50.5 cm³/mol. The van der Waals surface area contributed by atoms with Crippen molar-refractivity contribution in [1.82, 2.24) is 0 Å². The van der Waals surface area contributed by atoms with Gasteiger partial charge in [0.15, 0.2) is 0 Å². The third kappa shape index (κ3) is 4.95. The first-order chi connectivity index (χ1) is 6.18. The van der Waals surface area contributed by atoms with Crippen LogP contribution in [-0.4, -0.2) is 11.6 Å². The van der Waals surface area contributed by atoms with Crippen LogP contribution in [0.3, 0.4) is 0 Å². The van der Waals surface area contributed by atoms with Gasteiger partial charge in [0.1, 0.15) is 11.6 Å². The van der Waals surface area contributed by atoms with Gasteiger partial charge < -0.3 is 0 Å². The molecule has 3 heteroatoms. The number of carbonyl (C=O) groups is 2. The van der Waals surface area contributed by atoms with E-state index in [-0.39, 0.29) is 35.1 Å². The molecule has 1 rings (SSSR count). The van der Waals surface area contributed by atoms with Gasteiger partial charge in [-0.25, -0.2) is 0 Å². The Bertz CT molecular complexity index is 306. The van der Waals surface area contributed by atoms with Gasteiger partial charge in [0.05, 0.1) is 6.42 Å². The summed E-state index contributed by atoms with van der Waals surface area (Å²) in [4.78, 5) is 21.8. The molecule has 0 N–H and O–H groups in total. The summed E-state index contributed by atoms with van der Waals surface area (Å²) >= 11 is 0. The van der Waals surface area contributed by atoms with E-state index in [1.165, 1.54) is 6.92 Å². The fourth-order valence-electron chi connectivity index (χ4n) is 1.16. The summed E-state index contributed by atoms with van der Waals surface area (Å²) < 4.78 is 0. The summed E-state index contributed by atoms with van der Waals surface area (Å²) in [6, 6.07) is 9.45. The molecule has 0 saturated heterocycles. The third-order valence-corrected chi connectivity index (χ3v) is 1.69. The first-order valence-electron chi connectivity index (χ1n) is 4.23. The van der Waals surface area contributed by atoms with E-state index in [2.05, 4.69) is 0 Å². The zero-order valence-corrected chi connectivity index (χ0v) is 9.08. The van der Waals surface area contributed by atoms with Crippen LogP contribution in [0.2, 0.25) is 0 Å². The molecule has 0 spiro atoms. The summed E-state index contributed by atoms with van der Waals surface area (Å²) in [5, 5.41) is 0. The molecule has 0 bridgehead atoms. The zero-order valence-electron chi connectivity index (χ0n) is 7.97. The minimum absolute atomic E-state index is 0. The molecule has 0 aliphatic heterocycles. The van der Waals surface area contributed by atoms with E-state index in [0.29, 0.717) is 6.42 Å². The van der Waals surface area contributed by atoms with Crippen molar-refractivity contribution in [3.63, 3.8) is 0 Å². The Kier molecular flexibility index (Phi) is 6.09. The quantitative estimate of drug-likeness (QED) is 0.585. The first-order valence-corrected chi connectivity index (χ1v) is 4.23. The van der Waals surface area contributed by atoms with Gasteiger partial charge in [-0.05, 0) is 12.5 Å². The van der Waals surface area contributed by atoms with Crippen molar-refractivity contribution >= 4 is 11.6 Å². The van der Waals surface area contributed by atoms with Gasteiger partial charge in [-0.15, -0.1) is 0 Å². The van der Waals surface area contributed by atoms with Gasteiger partial charge in [-0.1, -0.05) is 30.3 Å². The van der Waals surface area contributed by atoms with Crippen molar-refractivity contribution < 1.29 is 26.7 Å². The normalized spacial score (nSPS) is 8.93. The zero-order chi connectivity index (χ0) is 9.68. The molecular formula is C11H12FeO2. The van der Waals surface area contributed by atoms with Gasteiger partial charge in [0, 0.05) is 23.5 Å². The number of ketones is 2. The molecule has 0 aliphatic rings. The molecule has 0 heterocycles. The number of rotatable bonds is 4. The van der Waals surface area contributed by atoms with Crippen LogP contribution in [0.4, 0.5) is 0 Å². The van der Waals surface area contributed by atoms with Crippen molar-refractivity contribution in [2.75, 3.05) is 0 Å². The maximum absolute atomic E-state index is 11.2. The smallest absolute Gasteiger partial charge is 0.144 e. The second-order valence-corrected chi connectivity index (χ2v) is 3.08. The molecule has 0 unspecified atom stereocenters. The van der Waals surface area contributed by atoms with Gasteiger partial charge in [-0.3, -0.25) is 9.59 Å². The van der Waals surface area contributed by atoms with E-state index in [4.69, 9.17) is 0 Å². The first kappa shape index (κ1) is 13.1. The Morgan fingerprint density at radius 2 is 1.71 bits per heavy atom. The van der Waals surface area contributed by atoms with Crippen molar-refractivity contribution in [1.29, 1.82) is 0 Å². The van der Waals surface area contributed by atoms with E-state index in [1.54, 1.807) is 0 Å². The van der Waals surface area contributed by atoms with Crippen molar-refractivity contribution in [2.45, 2.75) is 19.8 Å². The number of Topliss-reactive ketones (excluding diaryl/α,β-unsaturated/α-hetero) is 2. The second kappa shape index (κ2) is 6.52. The topological polar surface area (TPSA) is 34.1 Å². The van der Waals surface area contributed by atoms with Crippen LogP contribution in [0.25, 0.3) is 0 Å². The molecule has 2 nitrogen and oxygen atoms in total. The fourth-order valence-corrected chi connectivity index (χ4v) is 1.16. The summed E-state index contributed by atoms with van der Waals surface area (Å²) in [6.07, 6.45) is 0.412. The Morgan fingerprint density at radius 1 is 1.14 bits per heavy atom. The summed E-state index contributed by atoms with van der Waals surface area (Å²) in [7, 11) is 0. The van der Waals surface area contributed by atoms with Gasteiger partial charge in [-0.2, -0.15) is 0 Å². The molecule has 1 aromatic carbocycles. The second-order valence-electron chi connectivity index (χ2n) is 3.08. The van der Waals surface area contributed by atoms with Crippen LogP contribution in [0.5, 0.6) is 0 Å². The Hall–Kier alpha value is -0.921. The SMILES string of the molecule is CC(=O)CC(=O)Cc1ccccc1.[Fe].